The smallest absolute Gasteiger partial charge is 0.308 e. The maximum atomic E-state index is 11.7. The first kappa shape index (κ1) is 11.6. The van der Waals surface area contributed by atoms with Crippen molar-refractivity contribution in [3.05, 3.63) is 18.0 Å². The molecule has 2 unspecified atom stereocenters. The first-order valence-electron chi connectivity index (χ1n) is 5.47. The van der Waals surface area contributed by atoms with Crippen molar-refractivity contribution in [3.63, 3.8) is 0 Å². The van der Waals surface area contributed by atoms with Gasteiger partial charge in [0, 0.05) is 32.3 Å². The van der Waals surface area contributed by atoms with Gasteiger partial charge in [0.2, 0.25) is 5.91 Å². The Morgan fingerprint density at radius 2 is 2.24 bits per heavy atom. The summed E-state index contributed by atoms with van der Waals surface area (Å²) in [6.07, 6.45) is 4.06. The SMILES string of the molecule is CN1C(=O)CCC(C(=O)O)C1c1cnn(C)c1. The van der Waals surface area contributed by atoms with E-state index in [1.54, 1.807) is 31.2 Å². The maximum absolute atomic E-state index is 11.7. The molecule has 1 aliphatic heterocycles. The molecule has 2 heterocycles. The van der Waals surface area contributed by atoms with Gasteiger partial charge in [-0.3, -0.25) is 14.3 Å². The van der Waals surface area contributed by atoms with Crippen molar-refractivity contribution >= 4 is 11.9 Å². The molecule has 1 aromatic rings. The molecule has 6 heteroatoms. The molecule has 0 radical (unpaired) electrons. The Hall–Kier alpha value is -1.85. The van der Waals surface area contributed by atoms with Crippen LogP contribution in [0.15, 0.2) is 12.4 Å². The molecular weight excluding hydrogens is 222 g/mol. The predicted molar refractivity (Wildman–Crippen MR) is 59.1 cm³/mol. The summed E-state index contributed by atoms with van der Waals surface area (Å²) in [6.45, 7) is 0. The van der Waals surface area contributed by atoms with Gasteiger partial charge in [-0.05, 0) is 6.42 Å². The zero-order chi connectivity index (χ0) is 12.6. The van der Waals surface area contributed by atoms with Crippen LogP contribution in [-0.4, -0.2) is 38.7 Å². The monoisotopic (exact) mass is 237 g/mol. The maximum Gasteiger partial charge on any atom is 0.308 e. The Labute approximate surface area is 98.8 Å². The number of carboxylic acids is 1. The van der Waals surface area contributed by atoms with Crippen molar-refractivity contribution < 1.29 is 14.7 Å². The second-order valence-electron chi connectivity index (χ2n) is 4.38. The van der Waals surface area contributed by atoms with E-state index < -0.39 is 17.9 Å². The molecule has 92 valence electrons. The summed E-state index contributed by atoms with van der Waals surface area (Å²) in [5.74, 6) is -1.43. The second-order valence-corrected chi connectivity index (χ2v) is 4.38. The summed E-state index contributed by atoms with van der Waals surface area (Å²) in [7, 11) is 3.42. The summed E-state index contributed by atoms with van der Waals surface area (Å²) in [5.41, 5.74) is 0.774. The van der Waals surface area contributed by atoms with Crippen molar-refractivity contribution in [2.45, 2.75) is 18.9 Å². The molecule has 6 nitrogen and oxygen atoms in total. The predicted octanol–water partition coefficient (Wildman–Crippen LogP) is 0.414. The number of amides is 1. The molecule has 1 saturated heterocycles. The van der Waals surface area contributed by atoms with Crippen LogP contribution >= 0.6 is 0 Å². The van der Waals surface area contributed by atoms with Crippen LogP contribution in [0.25, 0.3) is 0 Å². The standard InChI is InChI=1S/C11H15N3O3/c1-13-6-7(5-12-13)10-8(11(16)17)3-4-9(15)14(10)2/h5-6,8,10H,3-4H2,1-2H3,(H,16,17). The molecule has 2 rings (SSSR count). The van der Waals surface area contributed by atoms with Crippen LogP contribution in [-0.2, 0) is 16.6 Å². The minimum atomic E-state index is -0.863. The lowest BCUT2D eigenvalue weighted by molar-refractivity contribution is -0.150. The minimum Gasteiger partial charge on any atom is -0.481 e. The van der Waals surface area contributed by atoms with Gasteiger partial charge in [0.25, 0.3) is 0 Å². The molecule has 0 bridgehead atoms. The summed E-state index contributed by atoms with van der Waals surface area (Å²) < 4.78 is 1.61. The highest BCUT2D eigenvalue weighted by Gasteiger charge is 2.39. The molecule has 0 aliphatic carbocycles. The molecule has 1 N–H and O–H groups in total. The van der Waals surface area contributed by atoms with E-state index in [1.807, 2.05) is 0 Å². The van der Waals surface area contributed by atoms with E-state index in [-0.39, 0.29) is 5.91 Å². The third-order valence-electron chi connectivity index (χ3n) is 3.24. The molecule has 17 heavy (non-hydrogen) atoms. The normalized spacial score (nSPS) is 25.1. The zero-order valence-corrected chi connectivity index (χ0v) is 9.83. The Kier molecular flexibility index (Phi) is 2.87. The molecular formula is C11H15N3O3. The van der Waals surface area contributed by atoms with Gasteiger partial charge in [0.1, 0.15) is 0 Å². The van der Waals surface area contributed by atoms with Gasteiger partial charge >= 0.3 is 5.97 Å². The number of piperidine rings is 1. The van der Waals surface area contributed by atoms with E-state index >= 15 is 0 Å². The number of nitrogens with zero attached hydrogens (tertiary/aromatic N) is 3. The number of carboxylic acid groups (broad SMARTS) is 1. The van der Waals surface area contributed by atoms with Gasteiger partial charge < -0.3 is 10.0 Å². The summed E-state index contributed by atoms with van der Waals surface area (Å²) >= 11 is 0. The minimum absolute atomic E-state index is 0.0173. The molecule has 1 aromatic heterocycles. The van der Waals surface area contributed by atoms with Crippen LogP contribution < -0.4 is 0 Å². The summed E-state index contributed by atoms with van der Waals surface area (Å²) in [6, 6.07) is -0.414. The topological polar surface area (TPSA) is 75.4 Å². The Balaban J connectivity index is 2.36. The van der Waals surface area contributed by atoms with Crippen LogP contribution in [0.5, 0.6) is 0 Å². The average Bonchev–Trinajstić information content (AvgIpc) is 2.68. The molecule has 1 fully saturated rings. The lowest BCUT2D eigenvalue weighted by Crippen LogP contribution is -2.42. The van der Waals surface area contributed by atoms with Crippen LogP contribution in [0.4, 0.5) is 0 Å². The number of carbonyl (C=O) groups is 2. The van der Waals surface area contributed by atoms with Gasteiger partial charge in [-0.1, -0.05) is 0 Å². The number of hydrogen-bond acceptors (Lipinski definition) is 3. The van der Waals surface area contributed by atoms with Crippen molar-refractivity contribution in [1.82, 2.24) is 14.7 Å². The fraction of sp³-hybridized carbons (Fsp3) is 0.545. The number of aryl methyl sites for hydroxylation is 1. The molecule has 1 amide bonds. The van der Waals surface area contributed by atoms with E-state index in [0.717, 1.165) is 5.56 Å². The Morgan fingerprint density at radius 3 is 2.76 bits per heavy atom. The van der Waals surface area contributed by atoms with E-state index in [9.17, 15) is 14.7 Å². The van der Waals surface area contributed by atoms with Crippen LogP contribution in [0, 0.1) is 5.92 Å². The van der Waals surface area contributed by atoms with Crippen LogP contribution in [0.3, 0.4) is 0 Å². The third-order valence-corrected chi connectivity index (χ3v) is 3.24. The van der Waals surface area contributed by atoms with Crippen molar-refractivity contribution in [1.29, 1.82) is 0 Å². The van der Waals surface area contributed by atoms with Crippen LogP contribution in [0.2, 0.25) is 0 Å². The van der Waals surface area contributed by atoms with Gasteiger partial charge in [-0.2, -0.15) is 5.10 Å². The molecule has 2 atom stereocenters. The largest absolute Gasteiger partial charge is 0.481 e. The number of rotatable bonds is 2. The summed E-state index contributed by atoms with van der Waals surface area (Å²) in [5, 5.41) is 13.2. The molecule has 0 saturated carbocycles. The molecule has 0 aromatic carbocycles. The first-order chi connectivity index (χ1) is 8.00. The van der Waals surface area contributed by atoms with E-state index in [0.29, 0.717) is 12.8 Å². The fourth-order valence-electron chi connectivity index (χ4n) is 2.35. The highest BCUT2D eigenvalue weighted by Crippen LogP contribution is 2.35. The highest BCUT2D eigenvalue weighted by molar-refractivity contribution is 5.81. The highest BCUT2D eigenvalue weighted by atomic mass is 16.4. The van der Waals surface area contributed by atoms with Gasteiger partial charge in [0.15, 0.2) is 0 Å². The van der Waals surface area contributed by atoms with E-state index in [1.165, 1.54) is 4.90 Å². The quantitative estimate of drug-likeness (QED) is 0.808. The molecule has 0 spiro atoms. The fourth-order valence-corrected chi connectivity index (χ4v) is 2.35. The number of aliphatic carboxylic acids is 1. The second kappa shape index (κ2) is 4.20. The van der Waals surface area contributed by atoms with Gasteiger partial charge in [0.05, 0.1) is 18.2 Å². The lowest BCUT2D eigenvalue weighted by atomic mass is 9.86. The van der Waals surface area contributed by atoms with E-state index in [2.05, 4.69) is 5.10 Å². The number of aromatic nitrogens is 2. The van der Waals surface area contributed by atoms with Crippen molar-refractivity contribution in [2.24, 2.45) is 13.0 Å². The zero-order valence-electron chi connectivity index (χ0n) is 9.83. The summed E-state index contributed by atoms with van der Waals surface area (Å²) in [4.78, 5) is 24.4. The average molecular weight is 237 g/mol. The Bertz CT molecular complexity index is 455. The lowest BCUT2D eigenvalue weighted by Gasteiger charge is -2.36. The van der Waals surface area contributed by atoms with Crippen LogP contribution in [0.1, 0.15) is 24.4 Å². The van der Waals surface area contributed by atoms with Gasteiger partial charge in [-0.25, -0.2) is 0 Å². The van der Waals surface area contributed by atoms with Crippen molar-refractivity contribution in [2.75, 3.05) is 7.05 Å². The Morgan fingerprint density at radius 1 is 1.53 bits per heavy atom. The van der Waals surface area contributed by atoms with Gasteiger partial charge in [-0.15, -0.1) is 0 Å². The third kappa shape index (κ3) is 2.02. The van der Waals surface area contributed by atoms with E-state index in [4.69, 9.17) is 0 Å². The number of carbonyl (C=O) groups excluding carboxylic acids is 1. The molecule has 1 aliphatic rings. The number of likely N-dealkylation sites (tertiary alicyclic amines) is 1. The first-order valence-corrected chi connectivity index (χ1v) is 5.47. The number of hydrogen-bond donors (Lipinski definition) is 1. The van der Waals surface area contributed by atoms with Crippen molar-refractivity contribution in [3.8, 4) is 0 Å².